The maximum absolute atomic E-state index is 13.5. The van der Waals surface area contributed by atoms with Crippen molar-refractivity contribution in [2.75, 3.05) is 11.5 Å². The van der Waals surface area contributed by atoms with E-state index in [0.29, 0.717) is 25.0 Å². The van der Waals surface area contributed by atoms with E-state index >= 15 is 0 Å². The highest BCUT2D eigenvalue weighted by Crippen LogP contribution is 2.49. The van der Waals surface area contributed by atoms with Crippen molar-refractivity contribution >= 4 is 5.69 Å². The highest BCUT2D eigenvalue weighted by Gasteiger charge is 2.48. The minimum absolute atomic E-state index is 0.132. The van der Waals surface area contributed by atoms with E-state index in [1.165, 1.54) is 24.3 Å². The summed E-state index contributed by atoms with van der Waals surface area (Å²) in [5.41, 5.74) is 2.40. The van der Waals surface area contributed by atoms with E-state index in [1.807, 2.05) is 29.2 Å². The fourth-order valence-corrected chi connectivity index (χ4v) is 4.58. The summed E-state index contributed by atoms with van der Waals surface area (Å²) in [4.78, 5) is 1.88. The summed E-state index contributed by atoms with van der Waals surface area (Å²) >= 11 is 0. The molecule has 0 bridgehead atoms. The molecule has 3 aromatic carbocycles. The second-order valence-corrected chi connectivity index (χ2v) is 8.82. The molecule has 0 spiro atoms. The molecule has 34 heavy (non-hydrogen) atoms. The van der Waals surface area contributed by atoms with E-state index in [9.17, 15) is 19.0 Å². The number of unbranched alkanes of at least 4 members (excludes halogenated alkanes) is 1. The molecule has 6 heteroatoms. The fourth-order valence-electron chi connectivity index (χ4n) is 4.58. The highest BCUT2D eigenvalue weighted by molar-refractivity contribution is 5.54. The van der Waals surface area contributed by atoms with Gasteiger partial charge in [-0.15, -0.1) is 0 Å². The zero-order chi connectivity index (χ0) is 24.1. The Kier molecular flexibility index (Phi) is 7.80. The largest absolute Gasteiger partial charge is 0.494 e. The van der Waals surface area contributed by atoms with Gasteiger partial charge in [0.15, 0.2) is 0 Å². The number of hydrogen-bond acceptors (Lipinski definition) is 4. The zero-order valence-corrected chi connectivity index (χ0v) is 19.3. The minimum Gasteiger partial charge on any atom is -0.494 e. The van der Waals surface area contributed by atoms with E-state index in [0.717, 1.165) is 29.8 Å². The molecule has 0 amide bonds. The summed E-state index contributed by atoms with van der Waals surface area (Å²) in [6, 6.07) is 19.7. The van der Waals surface area contributed by atoms with Gasteiger partial charge in [0.25, 0.3) is 0 Å². The lowest BCUT2D eigenvalue weighted by atomic mass is 9.77. The van der Waals surface area contributed by atoms with Crippen molar-refractivity contribution in [3.05, 3.63) is 95.6 Å². The van der Waals surface area contributed by atoms with Crippen molar-refractivity contribution in [2.45, 2.75) is 51.0 Å². The van der Waals surface area contributed by atoms with Gasteiger partial charge in [0.2, 0.25) is 0 Å². The summed E-state index contributed by atoms with van der Waals surface area (Å²) < 4.78 is 32.5. The van der Waals surface area contributed by atoms with Gasteiger partial charge in [-0.2, -0.15) is 0 Å². The SMILES string of the molecule is CCCCOc1ccc([C@@H]2[C@@H](CC[C@@H](O)c3ccc(F)cc3)C(O)N2c2ccc(F)cc2)cc1. The Bertz CT molecular complexity index is 1040. The monoisotopic (exact) mass is 467 g/mol. The average molecular weight is 468 g/mol. The Labute approximate surface area is 199 Å². The second kappa shape index (κ2) is 11.0. The van der Waals surface area contributed by atoms with Gasteiger partial charge in [-0.1, -0.05) is 37.6 Å². The Balaban J connectivity index is 1.51. The summed E-state index contributed by atoms with van der Waals surface area (Å²) in [5.74, 6) is -0.00829. The minimum atomic E-state index is -0.767. The molecule has 0 saturated carbocycles. The van der Waals surface area contributed by atoms with Crippen LogP contribution in [0.25, 0.3) is 0 Å². The smallest absolute Gasteiger partial charge is 0.132 e. The molecule has 1 saturated heterocycles. The number of aliphatic hydroxyl groups excluding tert-OH is 2. The average Bonchev–Trinajstić information content (AvgIpc) is 2.85. The molecule has 4 nitrogen and oxygen atoms in total. The first kappa shape index (κ1) is 24.2. The highest BCUT2D eigenvalue weighted by atomic mass is 19.1. The molecule has 3 aromatic rings. The first-order valence-corrected chi connectivity index (χ1v) is 11.9. The van der Waals surface area contributed by atoms with Crippen LogP contribution in [-0.2, 0) is 0 Å². The molecular formula is C28H31F2NO3. The molecule has 1 unspecified atom stereocenters. The number of ether oxygens (including phenoxy) is 1. The van der Waals surface area contributed by atoms with Crippen LogP contribution in [0.15, 0.2) is 72.8 Å². The lowest BCUT2D eigenvalue weighted by Crippen LogP contribution is -2.58. The molecule has 4 rings (SSSR count). The summed E-state index contributed by atoms with van der Waals surface area (Å²) in [7, 11) is 0. The third-order valence-corrected chi connectivity index (χ3v) is 6.51. The molecule has 1 fully saturated rings. The van der Waals surface area contributed by atoms with Gasteiger partial charge < -0.3 is 19.8 Å². The van der Waals surface area contributed by atoms with Crippen molar-refractivity contribution in [3.63, 3.8) is 0 Å². The van der Waals surface area contributed by atoms with Crippen LogP contribution in [0.4, 0.5) is 14.5 Å². The molecule has 180 valence electrons. The van der Waals surface area contributed by atoms with E-state index in [-0.39, 0.29) is 23.6 Å². The van der Waals surface area contributed by atoms with Gasteiger partial charge in [-0.3, -0.25) is 0 Å². The predicted octanol–water partition coefficient (Wildman–Crippen LogP) is 6.15. The predicted molar refractivity (Wildman–Crippen MR) is 129 cm³/mol. The standard InChI is InChI=1S/C28H31F2NO3/c1-2-3-18-34-24-14-6-20(7-15-24)27-25(16-17-26(32)19-4-8-21(29)9-5-19)28(33)31(27)23-12-10-22(30)11-13-23/h4-15,25-28,32-33H,2-3,16-18H2,1H3/t25-,26-,27-,28?/m1/s1. The first-order chi connectivity index (χ1) is 16.5. The van der Waals surface area contributed by atoms with Gasteiger partial charge in [0.1, 0.15) is 23.6 Å². The van der Waals surface area contributed by atoms with Gasteiger partial charge in [0.05, 0.1) is 18.8 Å². The Morgan fingerprint density at radius 3 is 2.15 bits per heavy atom. The summed E-state index contributed by atoms with van der Waals surface area (Å²) in [6.07, 6.45) is 1.54. The zero-order valence-electron chi connectivity index (χ0n) is 19.3. The van der Waals surface area contributed by atoms with Crippen LogP contribution in [-0.4, -0.2) is 23.0 Å². The molecule has 1 aliphatic rings. The molecule has 2 N–H and O–H groups in total. The molecule has 1 heterocycles. The van der Waals surface area contributed by atoms with Crippen molar-refractivity contribution < 1.29 is 23.7 Å². The van der Waals surface area contributed by atoms with Crippen LogP contribution < -0.4 is 9.64 Å². The van der Waals surface area contributed by atoms with Gasteiger partial charge in [-0.25, -0.2) is 8.78 Å². The lowest BCUT2D eigenvalue weighted by molar-refractivity contribution is -0.00681. The van der Waals surface area contributed by atoms with E-state index in [1.54, 1.807) is 24.3 Å². The van der Waals surface area contributed by atoms with Crippen LogP contribution in [0.2, 0.25) is 0 Å². The molecule has 0 radical (unpaired) electrons. The van der Waals surface area contributed by atoms with Gasteiger partial charge in [0, 0.05) is 11.6 Å². The van der Waals surface area contributed by atoms with E-state index in [2.05, 4.69) is 6.92 Å². The maximum Gasteiger partial charge on any atom is 0.132 e. The van der Waals surface area contributed by atoms with Crippen molar-refractivity contribution in [1.29, 1.82) is 0 Å². The molecule has 0 aliphatic carbocycles. The van der Waals surface area contributed by atoms with Crippen molar-refractivity contribution in [1.82, 2.24) is 0 Å². The summed E-state index contributed by atoms with van der Waals surface area (Å²) in [5, 5.41) is 21.6. The van der Waals surface area contributed by atoms with Crippen LogP contribution in [0.5, 0.6) is 5.75 Å². The maximum atomic E-state index is 13.5. The molecular weight excluding hydrogens is 436 g/mol. The first-order valence-electron chi connectivity index (χ1n) is 11.9. The number of halogens is 2. The number of nitrogens with zero attached hydrogens (tertiary/aromatic N) is 1. The topological polar surface area (TPSA) is 52.9 Å². The van der Waals surface area contributed by atoms with Crippen LogP contribution in [0.3, 0.4) is 0 Å². The van der Waals surface area contributed by atoms with Gasteiger partial charge >= 0.3 is 0 Å². The quantitative estimate of drug-likeness (QED) is 0.351. The fraction of sp³-hybridized carbons (Fsp3) is 0.357. The van der Waals surface area contributed by atoms with Crippen molar-refractivity contribution in [3.8, 4) is 5.75 Å². The second-order valence-electron chi connectivity index (χ2n) is 8.82. The Hall–Kier alpha value is -2.96. The molecule has 4 atom stereocenters. The normalized spacial score (nSPS) is 20.6. The summed E-state index contributed by atoms with van der Waals surface area (Å²) in [6.45, 7) is 2.79. The number of rotatable bonds is 10. The third-order valence-electron chi connectivity index (χ3n) is 6.51. The molecule has 1 aliphatic heterocycles. The van der Waals surface area contributed by atoms with E-state index < -0.39 is 12.3 Å². The van der Waals surface area contributed by atoms with E-state index in [4.69, 9.17) is 4.74 Å². The van der Waals surface area contributed by atoms with Crippen LogP contribution >= 0.6 is 0 Å². The molecule has 0 aromatic heterocycles. The number of hydrogen-bond donors (Lipinski definition) is 2. The number of benzene rings is 3. The number of anilines is 1. The van der Waals surface area contributed by atoms with Crippen molar-refractivity contribution in [2.24, 2.45) is 5.92 Å². The van der Waals surface area contributed by atoms with Gasteiger partial charge in [-0.05, 0) is 78.9 Å². The van der Waals surface area contributed by atoms with Crippen LogP contribution in [0.1, 0.15) is 55.9 Å². The number of aliphatic hydroxyl groups is 2. The Morgan fingerprint density at radius 1 is 0.912 bits per heavy atom. The lowest BCUT2D eigenvalue weighted by Gasteiger charge is -2.54. The Morgan fingerprint density at radius 2 is 1.53 bits per heavy atom. The third kappa shape index (κ3) is 5.40. The van der Waals surface area contributed by atoms with Crippen LogP contribution in [0, 0.1) is 17.6 Å².